The molecule has 0 radical (unpaired) electrons. The molecule has 1 aliphatic rings. The molecule has 1 saturated heterocycles. The van der Waals surface area contributed by atoms with Crippen LogP contribution in [0.3, 0.4) is 0 Å². The lowest BCUT2D eigenvalue weighted by atomic mass is 9.80. The third-order valence-electron chi connectivity index (χ3n) is 4.23. The van der Waals surface area contributed by atoms with E-state index in [0.29, 0.717) is 6.61 Å². The molecule has 112 valence electrons. The van der Waals surface area contributed by atoms with Gasteiger partial charge in [0.1, 0.15) is 6.61 Å². The minimum Gasteiger partial charge on any atom is -0.494 e. The summed E-state index contributed by atoms with van der Waals surface area (Å²) in [5.74, 6) is 0.855. The van der Waals surface area contributed by atoms with E-state index in [1.807, 2.05) is 6.07 Å². The Morgan fingerprint density at radius 3 is 2.71 bits per heavy atom. The van der Waals surface area contributed by atoms with Crippen LogP contribution in [0.4, 0.5) is 0 Å². The Kier molecular flexibility index (Phi) is 4.89. The number of likely N-dealkylation sites (tertiary alicyclic amines) is 1. The van der Waals surface area contributed by atoms with Gasteiger partial charge in [0.25, 0.3) is 0 Å². The van der Waals surface area contributed by atoms with E-state index in [2.05, 4.69) is 55.8 Å². The van der Waals surface area contributed by atoms with Crippen molar-refractivity contribution < 1.29 is 4.74 Å². The summed E-state index contributed by atoms with van der Waals surface area (Å²) in [4.78, 5) is 2.35. The lowest BCUT2D eigenvalue weighted by molar-refractivity contribution is 0.0974. The molecule has 1 aromatic carbocycles. The maximum atomic E-state index is 5.70. The number of hydrogen-bond donors (Lipinski definition) is 0. The van der Waals surface area contributed by atoms with Gasteiger partial charge < -0.3 is 9.64 Å². The number of hydrogen-bond acceptors (Lipinski definition) is 2. The second-order valence-corrected chi connectivity index (χ2v) is 5.92. The van der Waals surface area contributed by atoms with Crippen molar-refractivity contribution in [3.05, 3.63) is 67.5 Å². The van der Waals surface area contributed by atoms with E-state index >= 15 is 0 Å². The van der Waals surface area contributed by atoms with Crippen molar-refractivity contribution in [2.75, 3.05) is 19.7 Å². The van der Waals surface area contributed by atoms with Crippen molar-refractivity contribution in [3.63, 3.8) is 0 Å². The van der Waals surface area contributed by atoms with E-state index in [-0.39, 0.29) is 5.41 Å². The van der Waals surface area contributed by atoms with Crippen LogP contribution >= 0.6 is 0 Å². The third-order valence-corrected chi connectivity index (χ3v) is 4.23. The maximum Gasteiger partial charge on any atom is 0.106 e. The first-order valence-corrected chi connectivity index (χ1v) is 7.49. The fraction of sp³-hybridized carbons (Fsp3) is 0.368. The summed E-state index contributed by atoms with van der Waals surface area (Å²) < 4.78 is 5.70. The largest absolute Gasteiger partial charge is 0.494 e. The smallest absolute Gasteiger partial charge is 0.106 e. The molecule has 0 amide bonds. The first kappa shape index (κ1) is 15.4. The normalized spacial score (nSPS) is 21.7. The van der Waals surface area contributed by atoms with Crippen molar-refractivity contribution in [1.29, 1.82) is 0 Å². The summed E-state index contributed by atoms with van der Waals surface area (Å²) >= 11 is 0. The van der Waals surface area contributed by atoms with Gasteiger partial charge in [-0.05, 0) is 18.4 Å². The van der Waals surface area contributed by atoms with Gasteiger partial charge in [0.2, 0.25) is 0 Å². The van der Waals surface area contributed by atoms with E-state index in [0.717, 1.165) is 37.4 Å². The monoisotopic (exact) mass is 283 g/mol. The van der Waals surface area contributed by atoms with Crippen LogP contribution in [-0.4, -0.2) is 24.6 Å². The molecular weight excluding hydrogens is 258 g/mol. The standard InChI is InChI=1S/C19H25NO/c1-5-14-21-17(3)19(4)12-9-13-20(15-19)16(2)18-10-7-6-8-11-18/h5-8,10-11H,1-3,9,12-15H2,4H3. The van der Waals surface area contributed by atoms with Crippen LogP contribution in [0.15, 0.2) is 61.9 Å². The molecule has 0 saturated carbocycles. The number of piperidine rings is 1. The first-order chi connectivity index (χ1) is 10.1. The predicted octanol–water partition coefficient (Wildman–Crippen LogP) is 4.48. The van der Waals surface area contributed by atoms with Crippen LogP contribution in [0, 0.1) is 5.41 Å². The van der Waals surface area contributed by atoms with Gasteiger partial charge in [-0.1, -0.05) is 63.1 Å². The highest BCUT2D eigenvalue weighted by molar-refractivity contribution is 5.61. The van der Waals surface area contributed by atoms with Crippen molar-refractivity contribution >= 4 is 5.70 Å². The Morgan fingerprint density at radius 2 is 2.05 bits per heavy atom. The van der Waals surface area contributed by atoms with E-state index in [1.54, 1.807) is 6.08 Å². The highest BCUT2D eigenvalue weighted by Crippen LogP contribution is 2.38. The van der Waals surface area contributed by atoms with Crippen molar-refractivity contribution in [3.8, 4) is 0 Å². The molecule has 0 aliphatic carbocycles. The molecule has 2 rings (SSSR count). The van der Waals surface area contributed by atoms with Crippen LogP contribution in [0.2, 0.25) is 0 Å². The van der Waals surface area contributed by atoms with Crippen molar-refractivity contribution in [2.24, 2.45) is 5.41 Å². The van der Waals surface area contributed by atoms with Crippen molar-refractivity contribution in [2.45, 2.75) is 19.8 Å². The lowest BCUT2D eigenvalue weighted by Gasteiger charge is -2.43. The topological polar surface area (TPSA) is 12.5 Å². The average molecular weight is 283 g/mol. The highest BCUT2D eigenvalue weighted by Gasteiger charge is 2.35. The summed E-state index contributed by atoms with van der Waals surface area (Å²) in [6, 6.07) is 10.3. The number of ether oxygens (including phenoxy) is 1. The Bertz CT molecular complexity index is 520. The Balaban J connectivity index is 2.08. The van der Waals surface area contributed by atoms with Gasteiger partial charge in [-0.3, -0.25) is 0 Å². The first-order valence-electron chi connectivity index (χ1n) is 7.49. The van der Waals surface area contributed by atoms with Crippen molar-refractivity contribution in [1.82, 2.24) is 4.90 Å². The number of benzene rings is 1. The molecular formula is C19H25NO. The fourth-order valence-corrected chi connectivity index (χ4v) is 2.84. The minimum absolute atomic E-state index is 0.0288. The van der Waals surface area contributed by atoms with Gasteiger partial charge >= 0.3 is 0 Å². The molecule has 21 heavy (non-hydrogen) atoms. The minimum atomic E-state index is -0.0288. The molecule has 1 unspecified atom stereocenters. The van der Waals surface area contributed by atoms with Gasteiger partial charge in [-0.2, -0.15) is 0 Å². The second kappa shape index (κ2) is 6.66. The molecule has 1 fully saturated rings. The summed E-state index contributed by atoms with van der Waals surface area (Å²) in [6.07, 6.45) is 3.98. The fourth-order valence-electron chi connectivity index (χ4n) is 2.84. The Morgan fingerprint density at radius 1 is 1.33 bits per heavy atom. The highest BCUT2D eigenvalue weighted by atomic mass is 16.5. The van der Waals surface area contributed by atoms with E-state index in [4.69, 9.17) is 4.74 Å². The van der Waals surface area contributed by atoms with Crippen LogP contribution in [-0.2, 0) is 4.74 Å². The summed E-state index contributed by atoms with van der Waals surface area (Å²) in [6.45, 7) is 16.8. The Hall–Kier alpha value is -1.96. The van der Waals surface area contributed by atoms with E-state index in [1.165, 1.54) is 5.56 Å². The molecule has 1 atom stereocenters. The molecule has 0 spiro atoms. The summed E-state index contributed by atoms with van der Waals surface area (Å²) in [7, 11) is 0. The second-order valence-electron chi connectivity index (χ2n) is 5.92. The van der Waals surface area contributed by atoms with Crippen LogP contribution in [0.1, 0.15) is 25.3 Å². The molecule has 0 bridgehead atoms. The molecule has 0 aromatic heterocycles. The van der Waals surface area contributed by atoms with Crippen LogP contribution in [0.5, 0.6) is 0 Å². The van der Waals surface area contributed by atoms with E-state index in [9.17, 15) is 0 Å². The third kappa shape index (κ3) is 3.57. The molecule has 1 heterocycles. The van der Waals surface area contributed by atoms with Gasteiger partial charge in [-0.25, -0.2) is 0 Å². The SMILES string of the molecule is C=CCOC(=C)C1(C)CCCN(C(=C)c2ccccc2)C1. The zero-order chi connectivity index (χ0) is 15.3. The predicted molar refractivity (Wildman–Crippen MR) is 89.7 cm³/mol. The summed E-state index contributed by atoms with van der Waals surface area (Å²) in [5.41, 5.74) is 2.23. The van der Waals surface area contributed by atoms with Gasteiger partial charge in [-0.15, -0.1) is 0 Å². The Labute approximate surface area is 128 Å². The average Bonchev–Trinajstić information content (AvgIpc) is 2.52. The number of nitrogens with zero attached hydrogens (tertiary/aromatic N) is 1. The van der Waals surface area contributed by atoms with Gasteiger partial charge in [0, 0.05) is 24.2 Å². The zero-order valence-electron chi connectivity index (χ0n) is 13.0. The summed E-state index contributed by atoms with van der Waals surface area (Å²) in [5, 5.41) is 0. The zero-order valence-corrected chi connectivity index (χ0v) is 13.0. The van der Waals surface area contributed by atoms with E-state index < -0.39 is 0 Å². The quantitative estimate of drug-likeness (QED) is 0.564. The number of rotatable bonds is 6. The molecule has 2 heteroatoms. The maximum absolute atomic E-state index is 5.70. The molecule has 1 aromatic rings. The lowest BCUT2D eigenvalue weighted by Crippen LogP contribution is -2.41. The van der Waals surface area contributed by atoms with Crippen LogP contribution in [0.25, 0.3) is 5.70 Å². The molecule has 0 N–H and O–H groups in total. The molecule has 2 nitrogen and oxygen atoms in total. The van der Waals surface area contributed by atoms with Gasteiger partial charge in [0.05, 0.1) is 5.76 Å². The van der Waals surface area contributed by atoms with Crippen LogP contribution < -0.4 is 0 Å². The van der Waals surface area contributed by atoms with Gasteiger partial charge in [0.15, 0.2) is 0 Å². The molecule has 1 aliphatic heterocycles.